The lowest BCUT2D eigenvalue weighted by atomic mass is 10.1. The zero-order valence-corrected chi connectivity index (χ0v) is 10.4. The molecule has 0 saturated heterocycles. The number of nitrogens with one attached hydrogen (secondary N) is 1. The lowest BCUT2D eigenvalue weighted by Crippen LogP contribution is -2.03. The number of anilines is 1. The largest absolute Gasteiger partial charge is 0.379 e. The molecule has 0 fully saturated rings. The number of aromatic nitrogens is 2. The lowest BCUT2D eigenvalue weighted by molar-refractivity contribution is 0.955. The van der Waals surface area contributed by atoms with Crippen molar-refractivity contribution in [3.63, 3.8) is 0 Å². The minimum absolute atomic E-state index is 0.367. The van der Waals surface area contributed by atoms with Gasteiger partial charge in [-0.05, 0) is 31.2 Å². The fourth-order valence-corrected chi connectivity index (χ4v) is 1.64. The number of nitrogens with zero attached hydrogens (tertiary/aromatic N) is 4. The van der Waals surface area contributed by atoms with Crippen LogP contribution in [0.15, 0.2) is 30.5 Å². The molecule has 0 spiro atoms. The highest BCUT2D eigenvalue weighted by Gasteiger charge is 2.03. The van der Waals surface area contributed by atoms with Crippen LogP contribution in [0.4, 0.5) is 5.69 Å². The maximum atomic E-state index is 8.95. The van der Waals surface area contributed by atoms with Gasteiger partial charge in [0.15, 0.2) is 0 Å². The molecule has 92 valence electrons. The highest BCUT2D eigenvalue weighted by molar-refractivity contribution is 5.56. The van der Waals surface area contributed by atoms with Crippen molar-refractivity contribution in [1.29, 1.82) is 10.5 Å². The van der Waals surface area contributed by atoms with Crippen molar-refractivity contribution < 1.29 is 0 Å². The molecule has 2 aromatic rings. The normalized spacial score (nSPS) is 9.42. The molecule has 19 heavy (non-hydrogen) atoms. The molecular formula is C14H11N5. The molecule has 0 saturated carbocycles. The topological polar surface area (TPSA) is 85.4 Å². The van der Waals surface area contributed by atoms with E-state index in [2.05, 4.69) is 15.3 Å². The second-order valence-corrected chi connectivity index (χ2v) is 3.93. The summed E-state index contributed by atoms with van der Waals surface area (Å²) in [6.07, 6.45) is 1.71. The molecule has 0 amide bonds. The fraction of sp³-hybridized carbons (Fsp3) is 0.143. The average molecular weight is 249 g/mol. The zero-order chi connectivity index (χ0) is 13.7. The lowest BCUT2D eigenvalue weighted by Gasteiger charge is -2.07. The second-order valence-electron chi connectivity index (χ2n) is 3.93. The van der Waals surface area contributed by atoms with Gasteiger partial charge in [-0.15, -0.1) is 0 Å². The summed E-state index contributed by atoms with van der Waals surface area (Å²) in [6, 6.07) is 10.9. The van der Waals surface area contributed by atoms with E-state index in [1.807, 2.05) is 25.1 Å². The Morgan fingerprint density at radius 2 is 1.95 bits per heavy atom. The first-order valence-corrected chi connectivity index (χ1v) is 5.69. The molecule has 0 unspecified atom stereocenters. The Morgan fingerprint density at radius 3 is 2.63 bits per heavy atom. The van der Waals surface area contributed by atoms with Crippen molar-refractivity contribution in [2.75, 3.05) is 5.32 Å². The van der Waals surface area contributed by atoms with Gasteiger partial charge in [0.05, 0.1) is 23.4 Å². The molecule has 1 N–H and O–H groups in total. The number of nitriles is 2. The van der Waals surface area contributed by atoms with Gasteiger partial charge in [0.25, 0.3) is 0 Å². The van der Waals surface area contributed by atoms with E-state index in [0.717, 1.165) is 17.2 Å². The first-order chi connectivity index (χ1) is 9.22. The van der Waals surface area contributed by atoms with Gasteiger partial charge in [-0.3, -0.25) is 0 Å². The van der Waals surface area contributed by atoms with E-state index < -0.39 is 0 Å². The smallest absolute Gasteiger partial charge is 0.125 e. The van der Waals surface area contributed by atoms with E-state index in [1.54, 1.807) is 24.4 Å². The molecule has 0 radical (unpaired) electrons. The fourth-order valence-electron chi connectivity index (χ4n) is 1.64. The summed E-state index contributed by atoms with van der Waals surface area (Å²) in [5.74, 6) is 0.719. The zero-order valence-electron chi connectivity index (χ0n) is 10.4. The van der Waals surface area contributed by atoms with Crippen molar-refractivity contribution in [3.05, 3.63) is 53.1 Å². The third-order valence-corrected chi connectivity index (χ3v) is 2.57. The van der Waals surface area contributed by atoms with Crippen molar-refractivity contribution >= 4 is 5.69 Å². The molecule has 0 aliphatic rings. The van der Waals surface area contributed by atoms with Gasteiger partial charge in [0, 0.05) is 11.9 Å². The van der Waals surface area contributed by atoms with Gasteiger partial charge < -0.3 is 5.32 Å². The first-order valence-electron chi connectivity index (χ1n) is 5.69. The molecule has 5 heteroatoms. The summed E-state index contributed by atoms with van der Waals surface area (Å²) in [5, 5.41) is 20.9. The maximum Gasteiger partial charge on any atom is 0.125 e. The number of rotatable bonds is 3. The molecule has 1 heterocycles. The minimum Gasteiger partial charge on any atom is -0.379 e. The Labute approximate surface area is 111 Å². The molecule has 0 bridgehead atoms. The summed E-state index contributed by atoms with van der Waals surface area (Å²) in [6.45, 7) is 2.37. The van der Waals surface area contributed by atoms with Crippen LogP contribution in [0.3, 0.4) is 0 Å². The molecule has 0 aliphatic carbocycles. The average Bonchev–Trinajstić information content (AvgIpc) is 2.45. The van der Waals surface area contributed by atoms with Gasteiger partial charge in [-0.1, -0.05) is 0 Å². The molecule has 1 aromatic heterocycles. The van der Waals surface area contributed by atoms with Gasteiger partial charge in [-0.2, -0.15) is 10.5 Å². The number of hydrogen-bond donors (Lipinski definition) is 1. The Hall–Kier alpha value is -2.92. The Kier molecular flexibility index (Phi) is 3.70. The quantitative estimate of drug-likeness (QED) is 0.900. The molecule has 0 aliphatic heterocycles. The summed E-state index contributed by atoms with van der Waals surface area (Å²) >= 11 is 0. The van der Waals surface area contributed by atoms with Crippen LogP contribution in [0.2, 0.25) is 0 Å². The third kappa shape index (κ3) is 3.05. The maximum absolute atomic E-state index is 8.95. The van der Waals surface area contributed by atoms with Crippen LogP contribution in [-0.4, -0.2) is 9.97 Å². The molecular weight excluding hydrogens is 238 g/mol. The standard InChI is InChI=1S/C14H11N5/c1-10-17-5-4-14(19-10)9-18-13-3-2-11(7-15)12(6-13)8-16/h2-6,18H,9H2,1H3. The minimum atomic E-state index is 0.367. The summed E-state index contributed by atoms with van der Waals surface area (Å²) < 4.78 is 0. The van der Waals surface area contributed by atoms with Crippen LogP contribution in [0.25, 0.3) is 0 Å². The van der Waals surface area contributed by atoms with Gasteiger partial charge in [0.2, 0.25) is 0 Å². The van der Waals surface area contributed by atoms with Crippen LogP contribution in [0.5, 0.6) is 0 Å². The Balaban J connectivity index is 2.13. The third-order valence-electron chi connectivity index (χ3n) is 2.57. The number of benzene rings is 1. The predicted molar refractivity (Wildman–Crippen MR) is 70.0 cm³/mol. The predicted octanol–water partition coefficient (Wildman–Crippen LogP) is 2.14. The van der Waals surface area contributed by atoms with Crippen LogP contribution in [0.1, 0.15) is 22.6 Å². The van der Waals surface area contributed by atoms with Gasteiger partial charge in [-0.25, -0.2) is 9.97 Å². The molecule has 1 aromatic carbocycles. The highest BCUT2D eigenvalue weighted by Crippen LogP contribution is 2.15. The van der Waals surface area contributed by atoms with Crippen LogP contribution < -0.4 is 5.32 Å². The number of aryl methyl sites for hydroxylation is 1. The van der Waals surface area contributed by atoms with E-state index in [1.165, 1.54) is 0 Å². The van der Waals surface area contributed by atoms with Crippen LogP contribution in [0, 0.1) is 29.6 Å². The highest BCUT2D eigenvalue weighted by atomic mass is 14.9. The van der Waals surface area contributed by atoms with Gasteiger partial charge >= 0.3 is 0 Å². The second kappa shape index (κ2) is 5.61. The number of hydrogen-bond acceptors (Lipinski definition) is 5. The SMILES string of the molecule is Cc1nccc(CNc2ccc(C#N)c(C#N)c2)n1. The van der Waals surface area contributed by atoms with Crippen molar-refractivity contribution in [1.82, 2.24) is 9.97 Å². The van der Waals surface area contributed by atoms with E-state index in [9.17, 15) is 0 Å². The molecule has 0 atom stereocenters. The van der Waals surface area contributed by atoms with Crippen molar-refractivity contribution in [3.8, 4) is 12.1 Å². The van der Waals surface area contributed by atoms with E-state index >= 15 is 0 Å². The Bertz CT molecular complexity index is 679. The Morgan fingerprint density at radius 1 is 1.16 bits per heavy atom. The molecule has 2 rings (SSSR count). The van der Waals surface area contributed by atoms with Crippen LogP contribution >= 0.6 is 0 Å². The van der Waals surface area contributed by atoms with Crippen LogP contribution in [-0.2, 0) is 6.54 Å². The van der Waals surface area contributed by atoms with Crippen molar-refractivity contribution in [2.24, 2.45) is 0 Å². The van der Waals surface area contributed by atoms with E-state index in [0.29, 0.717) is 17.7 Å². The van der Waals surface area contributed by atoms with E-state index in [4.69, 9.17) is 10.5 Å². The summed E-state index contributed by atoms with van der Waals surface area (Å²) in [5.41, 5.74) is 2.40. The summed E-state index contributed by atoms with van der Waals surface area (Å²) in [7, 11) is 0. The monoisotopic (exact) mass is 249 g/mol. The summed E-state index contributed by atoms with van der Waals surface area (Å²) in [4.78, 5) is 8.30. The van der Waals surface area contributed by atoms with E-state index in [-0.39, 0.29) is 0 Å². The van der Waals surface area contributed by atoms with Gasteiger partial charge in [0.1, 0.15) is 18.0 Å². The molecule has 5 nitrogen and oxygen atoms in total. The van der Waals surface area contributed by atoms with Crippen molar-refractivity contribution in [2.45, 2.75) is 13.5 Å². The first kappa shape index (κ1) is 12.5.